The summed E-state index contributed by atoms with van der Waals surface area (Å²) in [6.45, 7) is 11.6. The Labute approximate surface area is 118 Å². The molecule has 0 amide bonds. The first kappa shape index (κ1) is 14.8. The van der Waals surface area contributed by atoms with Crippen molar-refractivity contribution in [1.82, 2.24) is 14.7 Å². The molecule has 2 rings (SSSR count). The van der Waals surface area contributed by atoms with E-state index >= 15 is 0 Å². The third-order valence-corrected chi connectivity index (χ3v) is 4.53. The molecule has 19 heavy (non-hydrogen) atoms. The zero-order chi connectivity index (χ0) is 13.5. The molecule has 0 saturated carbocycles. The van der Waals surface area contributed by atoms with Gasteiger partial charge in [0.05, 0.1) is 12.1 Å². The fraction of sp³-hybridized carbons (Fsp3) is 0.933. The Hall–Kier alpha value is -0.630. The summed E-state index contributed by atoms with van der Waals surface area (Å²) in [7, 11) is 0. The highest BCUT2D eigenvalue weighted by atomic mass is 15.3. The van der Waals surface area contributed by atoms with E-state index in [0.717, 1.165) is 32.6 Å². The minimum atomic E-state index is 0.131. The van der Waals surface area contributed by atoms with E-state index in [1.54, 1.807) is 0 Å². The highest BCUT2D eigenvalue weighted by Crippen LogP contribution is 2.10. The third-order valence-electron chi connectivity index (χ3n) is 4.53. The van der Waals surface area contributed by atoms with Gasteiger partial charge in [0.25, 0.3) is 0 Å². The van der Waals surface area contributed by atoms with Gasteiger partial charge in [-0.05, 0) is 51.9 Å². The Morgan fingerprint density at radius 1 is 0.947 bits per heavy atom. The average molecular weight is 264 g/mol. The van der Waals surface area contributed by atoms with Crippen LogP contribution in [0.5, 0.6) is 0 Å². The summed E-state index contributed by atoms with van der Waals surface area (Å²) >= 11 is 0. The Kier molecular flexibility index (Phi) is 6.09. The molecular weight excluding hydrogens is 236 g/mol. The molecule has 0 aromatic heterocycles. The van der Waals surface area contributed by atoms with Crippen LogP contribution in [0.3, 0.4) is 0 Å². The monoisotopic (exact) mass is 264 g/mol. The van der Waals surface area contributed by atoms with Gasteiger partial charge in [0.15, 0.2) is 0 Å². The Morgan fingerprint density at radius 3 is 2.05 bits per heavy atom. The zero-order valence-electron chi connectivity index (χ0n) is 12.4. The first-order valence-corrected chi connectivity index (χ1v) is 7.92. The van der Waals surface area contributed by atoms with Gasteiger partial charge < -0.3 is 9.80 Å². The van der Waals surface area contributed by atoms with Crippen molar-refractivity contribution in [3.8, 4) is 6.07 Å². The van der Waals surface area contributed by atoms with Crippen LogP contribution in [0.25, 0.3) is 0 Å². The maximum atomic E-state index is 9.10. The quantitative estimate of drug-likeness (QED) is 0.726. The van der Waals surface area contributed by atoms with Gasteiger partial charge in [0, 0.05) is 26.2 Å². The number of hydrogen-bond donors (Lipinski definition) is 0. The van der Waals surface area contributed by atoms with Crippen LogP contribution in [0.1, 0.15) is 32.6 Å². The Bertz CT molecular complexity index is 285. The molecule has 0 aromatic carbocycles. The van der Waals surface area contributed by atoms with E-state index in [0.29, 0.717) is 0 Å². The lowest BCUT2D eigenvalue weighted by atomic mass is 10.2. The van der Waals surface area contributed by atoms with Gasteiger partial charge in [-0.15, -0.1) is 0 Å². The van der Waals surface area contributed by atoms with Gasteiger partial charge in [0.1, 0.15) is 0 Å². The fourth-order valence-electron chi connectivity index (χ4n) is 3.25. The zero-order valence-corrected chi connectivity index (χ0v) is 12.4. The molecular formula is C15H28N4. The maximum Gasteiger partial charge on any atom is 0.0976 e. The summed E-state index contributed by atoms with van der Waals surface area (Å²) in [4.78, 5) is 7.51. The number of likely N-dealkylation sites (tertiary alicyclic amines) is 1. The van der Waals surface area contributed by atoms with Gasteiger partial charge in [-0.25, -0.2) is 0 Å². The second kappa shape index (κ2) is 7.84. The van der Waals surface area contributed by atoms with Gasteiger partial charge in [-0.1, -0.05) is 6.92 Å². The molecule has 2 aliphatic heterocycles. The molecule has 0 aromatic rings. The first-order valence-electron chi connectivity index (χ1n) is 7.92. The lowest BCUT2D eigenvalue weighted by molar-refractivity contribution is 0.109. The van der Waals surface area contributed by atoms with Gasteiger partial charge in [-0.3, -0.25) is 4.90 Å². The van der Waals surface area contributed by atoms with Crippen LogP contribution < -0.4 is 0 Å². The molecule has 2 saturated heterocycles. The SMILES string of the molecule is CCC(C#N)N1CCN(CCCN2CCCC2)CC1. The summed E-state index contributed by atoms with van der Waals surface area (Å²) in [5.74, 6) is 0. The standard InChI is InChI=1S/C15H28N4/c1-2-15(14-16)19-12-10-18(11-13-19)9-5-8-17-6-3-4-7-17/h15H,2-13H2,1H3. The van der Waals surface area contributed by atoms with Crippen LogP contribution in [0.2, 0.25) is 0 Å². The van der Waals surface area contributed by atoms with Gasteiger partial charge in [0.2, 0.25) is 0 Å². The van der Waals surface area contributed by atoms with Crippen LogP contribution in [0, 0.1) is 11.3 Å². The molecule has 0 N–H and O–H groups in total. The molecule has 4 nitrogen and oxygen atoms in total. The molecule has 0 spiro atoms. The minimum absolute atomic E-state index is 0.131. The van der Waals surface area contributed by atoms with Crippen molar-refractivity contribution in [3.63, 3.8) is 0 Å². The summed E-state index contributed by atoms with van der Waals surface area (Å²) in [5.41, 5.74) is 0. The van der Waals surface area contributed by atoms with E-state index in [-0.39, 0.29) is 6.04 Å². The largest absolute Gasteiger partial charge is 0.303 e. The third kappa shape index (κ3) is 4.45. The molecule has 108 valence electrons. The predicted molar refractivity (Wildman–Crippen MR) is 78.0 cm³/mol. The highest BCUT2D eigenvalue weighted by Gasteiger charge is 2.22. The van der Waals surface area contributed by atoms with Crippen molar-refractivity contribution < 1.29 is 0 Å². The van der Waals surface area contributed by atoms with E-state index in [1.165, 1.54) is 45.4 Å². The molecule has 2 fully saturated rings. The second-order valence-electron chi connectivity index (χ2n) is 5.83. The van der Waals surface area contributed by atoms with E-state index in [4.69, 9.17) is 5.26 Å². The molecule has 4 heteroatoms. The molecule has 0 radical (unpaired) electrons. The number of nitrogens with zero attached hydrogens (tertiary/aromatic N) is 4. The first-order chi connectivity index (χ1) is 9.33. The summed E-state index contributed by atoms with van der Waals surface area (Å²) < 4.78 is 0. The Balaban J connectivity index is 1.59. The molecule has 1 atom stereocenters. The molecule has 1 unspecified atom stereocenters. The minimum Gasteiger partial charge on any atom is -0.303 e. The van der Waals surface area contributed by atoms with Crippen molar-refractivity contribution in [3.05, 3.63) is 0 Å². The molecule has 2 aliphatic rings. The van der Waals surface area contributed by atoms with E-state index in [9.17, 15) is 0 Å². The lowest BCUT2D eigenvalue weighted by Gasteiger charge is -2.36. The molecule has 0 aliphatic carbocycles. The molecule has 0 bridgehead atoms. The summed E-state index contributed by atoms with van der Waals surface area (Å²) in [5, 5.41) is 9.10. The highest BCUT2D eigenvalue weighted by molar-refractivity contribution is 4.92. The van der Waals surface area contributed by atoms with Crippen LogP contribution in [0.15, 0.2) is 0 Å². The maximum absolute atomic E-state index is 9.10. The topological polar surface area (TPSA) is 33.5 Å². The number of nitriles is 1. The number of piperazine rings is 1. The summed E-state index contributed by atoms with van der Waals surface area (Å²) in [6.07, 6.45) is 5.04. The van der Waals surface area contributed by atoms with Crippen molar-refractivity contribution in [2.24, 2.45) is 0 Å². The van der Waals surface area contributed by atoms with Crippen LogP contribution >= 0.6 is 0 Å². The molecule has 2 heterocycles. The van der Waals surface area contributed by atoms with E-state index < -0.39 is 0 Å². The average Bonchev–Trinajstić information content (AvgIpc) is 2.95. The number of rotatable bonds is 6. The smallest absolute Gasteiger partial charge is 0.0976 e. The second-order valence-corrected chi connectivity index (χ2v) is 5.83. The van der Waals surface area contributed by atoms with Crippen molar-refractivity contribution in [1.29, 1.82) is 5.26 Å². The van der Waals surface area contributed by atoms with Gasteiger partial charge in [-0.2, -0.15) is 5.26 Å². The lowest BCUT2D eigenvalue weighted by Crippen LogP contribution is -2.50. The Morgan fingerprint density at radius 2 is 1.53 bits per heavy atom. The van der Waals surface area contributed by atoms with Gasteiger partial charge >= 0.3 is 0 Å². The van der Waals surface area contributed by atoms with Crippen molar-refractivity contribution >= 4 is 0 Å². The fourth-order valence-corrected chi connectivity index (χ4v) is 3.25. The van der Waals surface area contributed by atoms with Crippen LogP contribution in [0.4, 0.5) is 0 Å². The van der Waals surface area contributed by atoms with Crippen molar-refractivity contribution in [2.45, 2.75) is 38.6 Å². The summed E-state index contributed by atoms with van der Waals surface area (Å²) in [6, 6.07) is 2.55. The predicted octanol–water partition coefficient (Wildman–Crippen LogP) is 1.39. The van der Waals surface area contributed by atoms with E-state index in [2.05, 4.69) is 27.7 Å². The normalized spacial score (nSPS) is 24.4. The van der Waals surface area contributed by atoms with E-state index in [1.807, 2.05) is 0 Å². The number of hydrogen-bond acceptors (Lipinski definition) is 4. The van der Waals surface area contributed by atoms with Crippen molar-refractivity contribution in [2.75, 3.05) is 52.4 Å². The van der Waals surface area contributed by atoms with Crippen LogP contribution in [-0.2, 0) is 0 Å². The van der Waals surface area contributed by atoms with Crippen LogP contribution in [-0.4, -0.2) is 73.1 Å².